The van der Waals surface area contributed by atoms with E-state index < -0.39 is 23.2 Å². The minimum Gasteiger partial charge on any atom is -0.330 e. The summed E-state index contributed by atoms with van der Waals surface area (Å²) in [6.07, 6.45) is 4.81. The Morgan fingerprint density at radius 3 is 2.73 bits per heavy atom. The van der Waals surface area contributed by atoms with Crippen LogP contribution in [0.4, 0.5) is 14.5 Å². The van der Waals surface area contributed by atoms with Crippen LogP contribution in [0.15, 0.2) is 48.9 Å². The van der Waals surface area contributed by atoms with Crippen molar-refractivity contribution >= 4 is 11.6 Å². The number of halogens is 2. The third-order valence-electron chi connectivity index (χ3n) is 5.00. The number of benzene rings is 2. The Bertz CT molecular complexity index is 1230. The molecule has 0 radical (unpaired) electrons. The number of nitrogens with one attached hydrogen (secondary N) is 1. The molecule has 2 aromatic carbocycles. The number of rotatable bonds is 3. The highest BCUT2D eigenvalue weighted by molar-refractivity contribution is 6.03. The zero-order valence-electron chi connectivity index (χ0n) is 15.6. The minimum absolute atomic E-state index is 0.0772. The van der Waals surface area contributed by atoms with Gasteiger partial charge >= 0.3 is 0 Å². The lowest BCUT2D eigenvalue weighted by Crippen LogP contribution is -2.14. The molecule has 0 saturated carbocycles. The van der Waals surface area contributed by atoms with Crippen LogP contribution in [-0.2, 0) is 13.0 Å². The van der Waals surface area contributed by atoms with E-state index in [0.29, 0.717) is 12.4 Å². The van der Waals surface area contributed by atoms with Gasteiger partial charge in [-0.1, -0.05) is 12.1 Å². The summed E-state index contributed by atoms with van der Waals surface area (Å²) in [6.45, 7) is 0.665. The lowest BCUT2D eigenvalue weighted by atomic mass is 10.0. The Morgan fingerprint density at radius 1 is 1.13 bits per heavy atom. The van der Waals surface area contributed by atoms with E-state index in [1.165, 1.54) is 17.1 Å². The molecule has 0 spiro atoms. The van der Waals surface area contributed by atoms with Crippen LogP contribution >= 0.6 is 0 Å². The van der Waals surface area contributed by atoms with Gasteiger partial charge in [0.25, 0.3) is 5.91 Å². The first-order valence-electron chi connectivity index (χ1n) is 9.29. The molecule has 1 N–H and O–H groups in total. The Hall–Kier alpha value is -3.95. The summed E-state index contributed by atoms with van der Waals surface area (Å²) < 4.78 is 31.2. The Kier molecular flexibility index (Phi) is 4.31. The predicted molar refractivity (Wildman–Crippen MR) is 103 cm³/mol. The van der Waals surface area contributed by atoms with E-state index >= 15 is 0 Å². The van der Waals surface area contributed by atoms with Gasteiger partial charge in [0.15, 0.2) is 0 Å². The average Bonchev–Trinajstić information content (AvgIpc) is 3.39. The van der Waals surface area contributed by atoms with Crippen molar-refractivity contribution in [3.8, 4) is 17.1 Å². The number of amides is 1. The molecule has 2 aromatic heterocycles. The Balaban J connectivity index is 1.53. The summed E-state index contributed by atoms with van der Waals surface area (Å²) in [5.74, 6) is -1.77. The quantitative estimate of drug-likeness (QED) is 0.564. The first-order valence-corrected chi connectivity index (χ1v) is 9.29. The molecule has 30 heavy (non-hydrogen) atoms. The molecule has 0 atom stereocenters. The second-order valence-electron chi connectivity index (χ2n) is 6.89. The number of aromatic nitrogens is 6. The van der Waals surface area contributed by atoms with Gasteiger partial charge in [-0.15, -0.1) is 5.10 Å². The summed E-state index contributed by atoms with van der Waals surface area (Å²) in [7, 11) is 0. The number of fused-ring (bicyclic) bond motifs is 3. The molecule has 0 bridgehead atoms. The molecule has 3 heterocycles. The van der Waals surface area contributed by atoms with Crippen LogP contribution in [0.25, 0.3) is 17.1 Å². The Labute approximate surface area is 169 Å². The van der Waals surface area contributed by atoms with Gasteiger partial charge in [-0.25, -0.2) is 18.4 Å². The summed E-state index contributed by atoms with van der Waals surface area (Å²) in [4.78, 5) is 17.1. The van der Waals surface area contributed by atoms with Crippen molar-refractivity contribution in [3.05, 3.63) is 71.8 Å². The minimum atomic E-state index is -0.847. The average molecular weight is 407 g/mol. The van der Waals surface area contributed by atoms with Crippen LogP contribution in [0.3, 0.4) is 0 Å². The Morgan fingerprint density at radius 2 is 1.97 bits per heavy atom. The van der Waals surface area contributed by atoms with Gasteiger partial charge in [-0.3, -0.25) is 4.79 Å². The van der Waals surface area contributed by atoms with Crippen LogP contribution < -0.4 is 5.32 Å². The van der Waals surface area contributed by atoms with Crippen molar-refractivity contribution in [2.45, 2.75) is 19.4 Å². The number of anilines is 1. The molecule has 1 aliphatic heterocycles. The summed E-state index contributed by atoms with van der Waals surface area (Å²) >= 11 is 0. The van der Waals surface area contributed by atoms with E-state index in [0.717, 1.165) is 41.8 Å². The van der Waals surface area contributed by atoms with E-state index in [9.17, 15) is 13.6 Å². The molecule has 1 amide bonds. The van der Waals surface area contributed by atoms with Crippen molar-refractivity contribution in [2.75, 3.05) is 5.32 Å². The van der Waals surface area contributed by atoms with Crippen LogP contribution in [-0.4, -0.2) is 35.7 Å². The van der Waals surface area contributed by atoms with Gasteiger partial charge < -0.3 is 9.88 Å². The largest absolute Gasteiger partial charge is 0.330 e. The molecule has 10 heteroatoms. The fraction of sp³-hybridized carbons (Fsp3) is 0.150. The third kappa shape index (κ3) is 3.11. The second-order valence-corrected chi connectivity index (χ2v) is 6.89. The van der Waals surface area contributed by atoms with E-state index in [-0.39, 0.29) is 5.69 Å². The molecular formula is C20H15F2N7O. The van der Waals surface area contributed by atoms with Gasteiger partial charge in [0.2, 0.25) is 0 Å². The van der Waals surface area contributed by atoms with Crippen LogP contribution in [0.1, 0.15) is 22.5 Å². The number of hydrogen-bond acceptors (Lipinski definition) is 5. The third-order valence-corrected chi connectivity index (χ3v) is 5.00. The monoisotopic (exact) mass is 407 g/mol. The maximum atomic E-state index is 13.9. The van der Waals surface area contributed by atoms with Gasteiger partial charge in [0, 0.05) is 18.3 Å². The lowest BCUT2D eigenvalue weighted by Gasteiger charge is -2.08. The summed E-state index contributed by atoms with van der Waals surface area (Å²) in [5, 5.41) is 13.5. The zero-order chi connectivity index (χ0) is 20.7. The van der Waals surface area contributed by atoms with Gasteiger partial charge in [-0.2, -0.15) is 0 Å². The van der Waals surface area contributed by atoms with Crippen molar-refractivity contribution in [2.24, 2.45) is 0 Å². The molecule has 0 unspecified atom stereocenters. The highest BCUT2D eigenvalue weighted by atomic mass is 19.1. The summed E-state index contributed by atoms with van der Waals surface area (Å²) in [6, 6.07) is 9.22. The van der Waals surface area contributed by atoms with E-state index in [1.807, 2.05) is 22.8 Å². The van der Waals surface area contributed by atoms with Gasteiger partial charge in [-0.05, 0) is 53.1 Å². The first-order chi connectivity index (χ1) is 14.6. The highest BCUT2D eigenvalue weighted by Gasteiger charge is 2.22. The molecular weight excluding hydrogens is 392 g/mol. The molecule has 0 saturated heterocycles. The van der Waals surface area contributed by atoms with Crippen LogP contribution in [0.5, 0.6) is 0 Å². The maximum absolute atomic E-state index is 13.9. The SMILES string of the molecule is O=C(Nc1c(F)cccc1F)c1cn2c(n1)-c1cc(-n3cnnn3)ccc1CCC2. The molecule has 0 aliphatic carbocycles. The molecule has 4 aromatic rings. The van der Waals surface area contributed by atoms with Crippen molar-refractivity contribution in [1.29, 1.82) is 0 Å². The first kappa shape index (κ1) is 18.1. The smallest absolute Gasteiger partial charge is 0.276 e. The summed E-state index contributed by atoms with van der Waals surface area (Å²) in [5.41, 5.74) is 2.29. The number of carbonyl (C=O) groups excluding carboxylic acids is 1. The second kappa shape index (κ2) is 7.14. The normalized spacial score (nSPS) is 12.7. The lowest BCUT2D eigenvalue weighted by molar-refractivity contribution is 0.102. The van der Waals surface area contributed by atoms with Crippen LogP contribution in [0.2, 0.25) is 0 Å². The van der Waals surface area contributed by atoms with Crippen molar-refractivity contribution in [1.82, 2.24) is 29.8 Å². The number of nitrogens with zero attached hydrogens (tertiary/aromatic N) is 6. The number of para-hydroxylation sites is 1. The number of hydrogen-bond donors (Lipinski definition) is 1. The number of carbonyl (C=O) groups is 1. The van der Waals surface area contributed by atoms with Gasteiger partial charge in [0.05, 0.1) is 5.69 Å². The molecule has 5 rings (SSSR count). The number of aryl methyl sites for hydroxylation is 2. The van der Waals surface area contributed by atoms with Gasteiger partial charge in [0.1, 0.15) is 35.2 Å². The van der Waals surface area contributed by atoms with E-state index in [4.69, 9.17) is 0 Å². The van der Waals surface area contributed by atoms with Crippen molar-refractivity contribution in [3.63, 3.8) is 0 Å². The highest BCUT2D eigenvalue weighted by Crippen LogP contribution is 2.30. The van der Waals surface area contributed by atoms with E-state index in [1.54, 1.807) is 6.20 Å². The topological polar surface area (TPSA) is 90.5 Å². The number of imidazole rings is 1. The molecule has 8 nitrogen and oxygen atoms in total. The molecule has 150 valence electrons. The van der Waals surface area contributed by atoms with Crippen molar-refractivity contribution < 1.29 is 13.6 Å². The predicted octanol–water partition coefficient (Wildman–Crippen LogP) is 3.00. The fourth-order valence-electron chi connectivity index (χ4n) is 3.56. The standard InChI is InChI=1S/C20H15F2N7O/c21-15-4-1-5-16(22)18(15)25-20(30)17-10-28-8-2-3-12-6-7-13(29-11-23-26-27-29)9-14(12)19(28)24-17/h1,4-7,9-11H,2-3,8H2,(H,25,30). The maximum Gasteiger partial charge on any atom is 0.276 e. The fourth-order valence-corrected chi connectivity index (χ4v) is 3.56. The van der Waals surface area contributed by atoms with E-state index in [2.05, 4.69) is 25.8 Å². The zero-order valence-corrected chi connectivity index (χ0v) is 15.6. The van der Waals surface area contributed by atoms with Crippen LogP contribution in [0, 0.1) is 11.6 Å². The molecule has 1 aliphatic rings. The molecule has 0 fully saturated rings. The number of tetrazole rings is 1.